The molecule has 2 aromatic rings. The smallest absolute Gasteiger partial charge is 0.250 e. The molecule has 0 spiro atoms. The van der Waals surface area contributed by atoms with Crippen LogP contribution in [0.1, 0.15) is 5.56 Å². The molecule has 0 saturated heterocycles. The molecule has 0 aliphatic rings. The second-order valence-electron chi connectivity index (χ2n) is 4.96. The van der Waals surface area contributed by atoms with E-state index in [1.54, 1.807) is 0 Å². The summed E-state index contributed by atoms with van der Waals surface area (Å²) in [6.45, 7) is 0.310. The predicted octanol–water partition coefficient (Wildman–Crippen LogP) is 1.81. The van der Waals surface area contributed by atoms with Crippen LogP contribution in [0.3, 0.4) is 0 Å². The van der Waals surface area contributed by atoms with Gasteiger partial charge >= 0.3 is 0 Å². The molecule has 22 heavy (non-hydrogen) atoms. The summed E-state index contributed by atoms with van der Waals surface area (Å²) < 4.78 is 26.7. The molecule has 2 rings (SSSR count). The molecule has 0 radical (unpaired) electrons. The fourth-order valence-corrected chi connectivity index (χ4v) is 2.80. The van der Waals surface area contributed by atoms with E-state index in [1.165, 1.54) is 37.0 Å². The van der Waals surface area contributed by atoms with E-state index in [0.717, 1.165) is 9.87 Å². The van der Waals surface area contributed by atoms with Gasteiger partial charge in [0.05, 0.1) is 4.90 Å². The highest BCUT2D eigenvalue weighted by molar-refractivity contribution is 7.89. The highest BCUT2D eigenvalue weighted by Gasteiger charge is 2.17. The second kappa shape index (κ2) is 6.72. The van der Waals surface area contributed by atoms with Crippen molar-refractivity contribution >= 4 is 16.1 Å². The van der Waals surface area contributed by atoms with E-state index < -0.39 is 10.0 Å². The number of hydrogen-bond acceptors (Lipinski definition) is 3. The lowest BCUT2D eigenvalue weighted by molar-refractivity contribution is 0.519. The zero-order valence-electron chi connectivity index (χ0n) is 12.5. The molecule has 0 amide bonds. The Labute approximate surface area is 130 Å². The standard InChI is InChI=1S/C16H18N2O3S/c1-17(2)22(20,21)15-10-11-16(19)18(13-15)12-6-9-14-7-4-3-5-8-14/h3-11,13H,12H2,1-2H3/b9-6-. The van der Waals surface area contributed by atoms with Gasteiger partial charge in [-0.05, 0) is 11.6 Å². The largest absolute Gasteiger partial charge is 0.310 e. The third-order valence-corrected chi connectivity index (χ3v) is 4.95. The first-order valence-corrected chi connectivity index (χ1v) is 8.20. The molecular weight excluding hydrogens is 300 g/mol. The zero-order valence-corrected chi connectivity index (χ0v) is 13.3. The summed E-state index contributed by atoms with van der Waals surface area (Å²) in [5.74, 6) is 0. The quantitative estimate of drug-likeness (QED) is 0.845. The van der Waals surface area contributed by atoms with E-state index in [0.29, 0.717) is 6.54 Å². The van der Waals surface area contributed by atoms with Crippen LogP contribution in [0.15, 0.2) is 64.4 Å². The third-order valence-electron chi connectivity index (χ3n) is 3.15. The van der Waals surface area contributed by atoms with Crippen molar-refractivity contribution in [2.45, 2.75) is 11.4 Å². The minimum absolute atomic E-state index is 0.102. The molecule has 116 valence electrons. The Bertz CT molecular complexity index is 822. The van der Waals surface area contributed by atoms with Crippen LogP contribution >= 0.6 is 0 Å². The van der Waals surface area contributed by atoms with Gasteiger partial charge in [0, 0.05) is 32.9 Å². The van der Waals surface area contributed by atoms with Crippen molar-refractivity contribution in [3.8, 4) is 0 Å². The Morgan fingerprint density at radius 1 is 1.09 bits per heavy atom. The van der Waals surface area contributed by atoms with Gasteiger partial charge in [-0.1, -0.05) is 42.5 Å². The molecule has 0 aliphatic carbocycles. The number of pyridine rings is 1. The van der Waals surface area contributed by atoms with Gasteiger partial charge in [-0.3, -0.25) is 4.79 Å². The first-order valence-electron chi connectivity index (χ1n) is 6.76. The van der Waals surface area contributed by atoms with Crippen molar-refractivity contribution in [3.63, 3.8) is 0 Å². The third kappa shape index (κ3) is 3.72. The molecule has 0 atom stereocenters. The highest BCUT2D eigenvalue weighted by atomic mass is 32.2. The Morgan fingerprint density at radius 3 is 2.41 bits per heavy atom. The molecule has 0 unspecified atom stereocenters. The number of aromatic nitrogens is 1. The molecule has 0 aliphatic heterocycles. The van der Waals surface area contributed by atoms with Crippen LogP contribution in [0.25, 0.3) is 6.08 Å². The number of rotatable bonds is 5. The minimum atomic E-state index is -3.54. The van der Waals surface area contributed by atoms with Crippen LogP contribution in [0, 0.1) is 0 Å². The van der Waals surface area contributed by atoms with Crippen LogP contribution in [0.4, 0.5) is 0 Å². The molecule has 1 aromatic heterocycles. The fourth-order valence-electron chi connectivity index (χ4n) is 1.88. The Hall–Kier alpha value is -2.18. The summed E-state index contributed by atoms with van der Waals surface area (Å²) in [6.07, 6.45) is 5.08. The summed E-state index contributed by atoms with van der Waals surface area (Å²) >= 11 is 0. The Kier molecular flexibility index (Phi) is 4.95. The van der Waals surface area contributed by atoms with E-state index in [9.17, 15) is 13.2 Å². The molecule has 0 N–H and O–H groups in total. The van der Waals surface area contributed by atoms with Gasteiger partial charge in [-0.2, -0.15) is 0 Å². The van der Waals surface area contributed by atoms with Gasteiger partial charge in [0.25, 0.3) is 5.56 Å². The van der Waals surface area contributed by atoms with Crippen molar-refractivity contribution in [3.05, 3.63) is 70.7 Å². The highest BCUT2D eigenvalue weighted by Crippen LogP contribution is 2.10. The van der Waals surface area contributed by atoms with Crippen LogP contribution in [-0.4, -0.2) is 31.4 Å². The summed E-state index contributed by atoms with van der Waals surface area (Å²) in [7, 11) is -0.627. The van der Waals surface area contributed by atoms with E-state index in [4.69, 9.17) is 0 Å². The SMILES string of the molecule is CN(C)S(=O)(=O)c1ccc(=O)n(C/C=C\c2ccccc2)c1. The molecule has 0 saturated carbocycles. The van der Waals surface area contributed by atoms with E-state index in [2.05, 4.69) is 0 Å². The van der Waals surface area contributed by atoms with Gasteiger partial charge in [-0.15, -0.1) is 0 Å². The van der Waals surface area contributed by atoms with Gasteiger partial charge in [0.2, 0.25) is 10.0 Å². The first kappa shape index (κ1) is 16.2. The summed E-state index contributed by atoms with van der Waals surface area (Å²) in [5.41, 5.74) is 0.781. The molecular formula is C16H18N2O3S. The normalized spacial score (nSPS) is 12.1. The van der Waals surface area contributed by atoms with E-state index in [-0.39, 0.29) is 10.5 Å². The predicted molar refractivity (Wildman–Crippen MR) is 87.1 cm³/mol. The van der Waals surface area contributed by atoms with Crippen LogP contribution in [0.5, 0.6) is 0 Å². The van der Waals surface area contributed by atoms with Crippen molar-refractivity contribution in [1.82, 2.24) is 8.87 Å². The number of benzene rings is 1. The van der Waals surface area contributed by atoms with Crippen molar-refractivity contribution < 1.29 is 8.42 Å². The summed E-state index contributed by atoms with van der Waals surface area (Å²) in [4.78, 5) is 11.9. The second-order valence-corrected chi connectivity index (χ2v) is 7.11. The number of allylic oxidation sites excluding steroid dienone is 1. The number of nitrogens with zero attached hydrogens (tertiary/aromatic N) is 2. The lowest BCUT2D eigenvalue weighted by Gasteiger charge is -2.12. The minimum Gasteiger partial charge on any atom is -0.310 e. The zero-order chi connectivity index (χ0) is 16.2. The average Bonchev–Trinajstić information content (AvgIpc) is 2.50. The number of sulfonamides is 1. The fraction of sp³-hybridized carbons (Fsp3) is 0.188. The Morgan fingerprint density at radius 2 is 1.77 bits per heavy atom. The maximum Gasteiger partial charge on any atom is 0.250 e. The lowest BCUT2D eigenvalue weighted by Crippen LogP contribution is -2.25. The molecule has 6 heteroatoms. The van der Waals surface area contributed by atoms with Crippen molar-refractivity contribution in [2.24, 2.45) is 0 Å². The Balaban J connectivity index is 2.25. The van der Waals surface area contributed by atoms with Gasteiger partial charge in [0.1, 0.15) is 0 Å². The molecule has 5 nitrogen and oxygen atoms in total. The van der Waals surface area contributed by atoms with Gasteiger partial charge in [-0.25, -0.2) is 12.7 Å². The van der Waals surface area contributed by atoms with Gasteiger partial charge in [0.15, 0.2) is 0 Å². The molecule has 0 bridgehead atoms. The monoisotopic (exact) mass is 318 g/mol. The maximum atomic E-state index is 12.1. The first-order chi connectivity index (χ1) is 10.4. The average molecular weight is 318 g/mol. The molecule has 0 fully saturated rings. The molecule has 1 aromatic carbocycles. The number of hydrogen-bond donors (Lipinski definition) is 0. The van der Waals surface area contributed by atoms with Gasteiger partial charge < -0.3 is 4.57 Å². The van der Waals surface area contributed by atoms with E-state index in [1.807, 2.05) is 42.5 Å². The topological polar surface area (TPSA) is 59.4 Å². The van der Waals surface area contributed by atoms with Crippen LogP contribution in [0.2, 0.25) is 0 Å². The maximum absolute atomic E-state index is 12.1. The van der Waals surface area contributed by atoms with Crippen molar-refractivity contribution in [2.75, 3.05) is 14.1 Å². The summed E-state index contributed by atoms with van der Waals surface area (Å²) in [6, 6.07) is 12.3. The molecule has 1 heterocycles. The summed E-state index contributed by atoms with van der Waals surface area (Å²) in [5, 5.41) is 0. The van der Waals surface area contributed by atoms with Crippen LogP contribution < -0.4 is 5.56 Å². The van der Waals surface area contributed by atoms with Crippen molar-refractivity contribution in [1.29, 1.82) is 0 Å². The van der Waals surface area contributed by atoms with E-state index >= 15 is 0 Å². The van der Waals surface area contributed by atoms with Crippen LogP contribution in [-0.2, 0) is 16.6 Å². The lowest BCUT2D eigenvalue weighted by atomic mass is 10.2.